The molecule has 1 aliphatic rings. The summed E-state index contributed by atoms with van der Waals surface area (Å²) in [6.07, 6.45) is 4.09. The quantitative estimate of drug-likeness (QED) is 0.615. The normalized spacial score (nSPS) is 13.9. The van der Waals surface area contributed by atoms with Crippen LogP contribution in [0.1, 0.15) is 65.2 Å². The highest BCUT2D eigenvalue weighted by molar-refractivity contribution is 5.94. The average Bonchev–Trinajstić information content (AvgIpc) is 3.42. The number of carbonyl (C=O) groups excluding carboxylic acids is 2. The minimum Gasteiger partial charge on any atom is -0.464 e. The van der Waals surface area contributed by atoms with Crippen LogP contribution < -0.4 is 5.32 Å². The Labute approximate surface area is 183 Å². The summed E-state index contributed by atoms with van der Waals surface area (Å²) in [7, 11) is 0. The van der Waals surface area contributed by atoms with Crippen LogP contribution in [0.5, 0.6) is 0 Å². The van der Waals surface area contributed by atoms with Crippen molar-refractivity contribution in [1.82, 2.24) is 10.2 Å². The van der Waals surface area contributed by atoms with Crippen LogP contribution in [0.4, 0.5) is 0 Å². The van der Waals surface area contributed by atoms with Gasteiger partial charge >= 0.3 is 0 Å². The molecule has 0 spiro atoms. The number of hydrogen-bond donors (Lipinski definition) is 1. The van der Waals surface area contributed by atoms with Crippen LogP contribution in [0.15, 0.2) is 47.1 Å². The van der Waals surface area contributed by atoms with Crippen LogP contribution in [-0.2, 0) is 17.8 Å². The molecule has 4 rings (SSSR count). The number of carbonyl (C=O) groups is 2. The Balaban J connectivity index is 1.41. The van der Waals surface area contributed by atoms with Crippen LogP contribution in [0.3, 0.4) is 0 Å². The molecule has 3 aromatic rings. The van der Waals surface area contributed by atoms with Gasteiger partial charge < -0.3 is 14.6 Å². The zero-order valence-corrected chi connectivity index (χ0v) is 18.5. The van der Waals surface area contributed by atoms with Crippen LogP contribution in [0, 0.1) is 6.92 Å². The van der Waals surface area contributed by atoms with Crippen molar-refractivity contribution >= 4 is 22.8 Å². The highest BCUT2D eigenvalue weighted by atomic mass is 16.3. The van der Waals surface area contributed by atoms with Crippen molar-refractivity contribution in [2.75, 3.05) is 13.1 Å². The van der Waals surface area contributed by atoms with Crippen molar-refractivity contribution in [2.24, 2.45) is 0 Å². The second-order valence-electron chi connectivity index (χ2n) is 8.77. The van der Waals surface area contributed by atoms with Gasteiger partial charge in [-0.25, -0.2) is 0 Å². The average molecular weight is 419 g/mol. The van der Waals surface area contributed by atoms with E-state index in [1.807, 2.05) is 29.2 Å². The summed E-state index contributed by atoms with van der Waals surface area (Å²) in [6, 6.07) is 11.7. The number of benzene rings is 2. The maximum Gasteiger partial charge on any atom is 0.253 e. The third kappa shape index (κ3) is 4.66. The smallest absolute Gasteiger partial charge is 0.253 e. The van der Waals surface area contributed by atoms with Gasteiger partial charge in [0.1, 0.15) is 5.58 Å². The number of rotatable bonds is 6. The number of hydrogen-bond acceptors (Lipinski definition) is 3. The van der Waals surface area contributed by atoms with E-state index in [1.54, 1.807) is 6.26 Å². The van der Waals surface area contributed by atoms with Gasteiger partial charge in [0.15, 0.2) is 0 Å². The van der Waals surface area contributed by atoms with E-state index < -0.39 is 0 Å². The Morgan fingerprint density at radius 3 is 2.65 bits per heavy atom. The molecule has 0 radical (unpaired) electrons. The largest absolute Gasteiger partial charge is 0.464 e. The summed E-state index contributed by atoms with van der Waals surface area (Å²) >= 11 is 0. The van der Waals surface area contributed by atoms with E-state index in [1.165, 1.54) is 11.1 Å². The number of likely N-dealkylation sites (tertiary alicyclic amines) is 1. The molecule has 0 aliphatic carbocycles. The predicted molar refractivity (Wildman–Crippen MR) is 122 cm³/mol. The van der Waals surface area contributed by atoms with Crippen LogP contribution in [0.2, 0.25) is 0 Å². The van der Waals surface area contributed by atoms with E-state index in [9.17, 15) is 9.59 Å². The van der Waals surface area contributed by atoms with Crippen molar-refractivity contribution in [3.8, 4) is 0 Å². The lowest BCUT2D eigenvalue weighted by molar-refractivity contribution is -0.120. The first-order chi connectivity index (χ1) is 14.9. The molecule has 0 unspecified atom stereocenters. The predicted octanol–water partition coefficient (Wildman–Crippen LogP) is 4.96. The van der Waals surface area contributed by atoms with Gasteiger partial charge in [0, 0.05) is 36.1 Å². The fourth-order valence-corrected chi connectivity index (χ4v) is 4.36. The molecule has 31 heavy (non-hydrogen) atoms. The van der Waals surface area contributed by atoms with Gasteiger partial charge in [0.05, 0.1) is 12.7 Å². The third-order valence-corrected chi connectivity index (χ3v) is 6.07. The summed E-state index contributed by atoms with van der Waals surface area (Å²) in [5.41, 5.74) is 5.80. The molecule has 1 N–H and O–H groups in total. The minimum absolute atomic E-state index is 0.0642. The Bertz CT molecular complexity index is 1110. The maximum atomic E-state index is 12.6. The molecule has 0 atom stereocenters. The van der Waals surface area contributed by atoms with Crippen LogP contribution in [0.25, 0.3) is 11.0 Å². The van der Waals surface area contributed by atoms with E-state index in [4.69, 9.17) is 4.42 Å². The van der Waals surface area contributed by atoms with Crippen molar-refractivity contribution in [1.29, 1.82) is 0 Å². The van der Waals surface area contributed by atoms with Crippen LogP contribution in [-0.4, -0.2) is 29.8 Å². The van der Waals surface area contributed by atoms with Crippen molar-refractivity contribution in [2.45, 2.75) is 52.5 Å². The summed E-state index contributed by atoms with van der Waals surface area (Å²) in [6.45, 7) is 8.48. The van der Waals surface area contributed by atoms with E-state index in [-0.39, 0.29) is 18.2 Å². The second kappa shape index (κ2) is 8.96. The fraction of sp³-hybridized carbons (Fsp3) is 0.385. The Morgan fingerprint density at radius 2 is 1.90 bits per heavy atom. The van der Waals surface area contributed by atoms with Crippen molar-refractivity contribution in [3.63, 3.8) is 0 Å². The van der Waals surface area contributed by atoms with Crippen molar-refractivity contribution < 1.29 is 14.0 Å². The van der Waals surface area contributed by atoms with Gasteiger partial charge in [0.25, 0.3) is 5.91 Å². The highest BCUT2D eigenvalue weighted by Gasteiger charge is 2.19. The maximum absolute atomic E-state index is 12.6. The summed E-state index contributed by atoms with van der Waals surface area (Å²) in [5.74, 6) is 0.425. The number of nitrogens with one attached hydrogen (secondary N) is 1. The molecule has 162 valence electrons. The zero-order valence-electron chi connectivity index (χ0n) is 18.5. The molecule has 2 heterocycles. The molecule has 0 saturated carbocycles. The van der Waals surface area contributed by atoms with Gasteiger partial charge in [-0.2, -0.15) is 0 Å². The molecule has 2 aromatic carbocycles. The number of amides is 2. The molecule has 0 bridgehead atoms. The fourth-order valence-electron chi connectivity index (χ4n) is 4.36. The highest BCUT2D eigenvalue weighted by Crippen LogP contribution is 2.29. The standard InChI is InChI=1S/C26H30N2O3/c1-17(2)22-14-23-21(16-31-24(23)11-18(22)3)13-25(29)27-15-19-7-6-8-20(12-19)26(30)28-9-4-5-10-28/h6-8,11-12,14,16-17H,4-5,9-10,13,15H2,1-3H3,(H,27,29). The lowest BCUT2D eigenvalue weighted by atomic mass is 9.95. The van der Waals surface area contributed by atoms with E-state index in [0.717, 1.165) is 48.0 Å². The van der Waals surface area contributed by atoms with Gasteiger partial charge in [-0.05, 0) is 66.6 Å². The van der Waals surface area contributed by atoms with E-state index in [2.05, 4.69) is 38.2 Å². The number of aryl methyl sites for hydroxylation is 1. The van der Waals surface area contributed by atoms with E-state index in [0.29, 0.717) is 18.0 Å². The Morgan fingerprint density at radius 1 is 1.13 bits per heavy atom. The number of furan rings is 1. The minimum atomic E-state index is -0.0642. The molecule has 2 amide bonds. The molecule has 1 aromatic heterocycles. The number of nitrogens with zero attached hydrogens (tertiary/aromatic N) is 1. The zero-order chi connectivity index (χ0) is 22.0. The second-order valence-corrected chi connectivity index (χ2v) is 8.77. The topological polar surface area (TPSA) is 62.6 Å². The van der Waals surface area contributed by atoms with E-state index >= 15 is 0 Å². The first-order valence-corrected chi connectivity index (χ1v) is 11.1. The Hall–Kier alpha value is -3.08. The third-order valence-electron chi connectivity index (χ3n) is 6.07. The molecule has 1 aliphatic heterocycles. The first-order valence-electron chi connectivity index (χ1n) is 11.1. The SMILES string of the molecule is Cc1cc2occ(CC(=O)NCc3cccc(C(=O)N4CCCC4)c3)c2cc1C(C)C. The van der Waals surface area contributed by atoms with Crippen LogP contribution >= 0.6 is 0 Å². The monoisotopic (exact) mass is 418 g/mol. The summed E-state index contributed by atoms with van der Waals surface area (Å²) in [5, 5.41) is 3.98. The van der Waals surface area contributed by atoms with Gasteiger partial charge in [-0.15, -0.1) is 0 Å². The number of fused-ring (bicyclic) bond motifs is 1. The van der Waals surface area contributed by atoms with Gasteiger partial charge in [-0.1, -0.05) is 26.0 Å². The summed E-state index contributed by atoms with van der Waals surface area (Å²) in [4.78, 5) is 27.1. The van der Waals surface area contributed by atoms with Gasteiger partial charge in [0.2, 0.25) is 5.91 Å². The lowest BCUT2D eigenvalue weighted by Crippen LogP contribution is -2.28. The lowest BCUT2D eigenvalue weighted by Gasteiger charge is -2.15. The Kier molecular flexibility index (Phi) is 6.12. The molecule has 5 heteroatoms. The van der Waals surface area contributed by atoms with Gasteiger partial charge in [-0.3, -0.25) is 9.59 Å². The molecule has 1 fully saturated rings. The molecular weight excluding hydrogens is 388 g/mol. The van der Waals surface area contributed by atoms with Crippen molar-refractivity contribution in [3.05, 3.63) is 70.5 Å². The summed E-state index contributed by atoms with van der Waals surface area (Å²) < 4.78 is 5.70. The molecule has 1 saturated heterocycles. The molecular formula is C26H30N2O3. The first kappa shape index (κ1) is 21.2. The molecule has 5 nitrogen and oxygen atoms in total.